The molecule has 3 rings (SSSR count). The molecule has 1 amide bonds. The van der Waals surface area contributed by atoms with Gasteiger partial charge in [-0.15, -0.1) is 0 Å². The first-order valence-corrected chi connectivity index (χ1v) is 10.7. The zero-order valence-corrected chi connectivity index (χ0v) is 16.5. The van der Waals surface area contributed by atoms with E-state index in [1.807, 2.05) is 41.2 Å². The number of unbranched alkanes of at least 4 members (excludes halogenated alkanes) is 1. The maximum atomic E-state index is 12.9. The van der Waals surface area contributed by atoms with Crippen molar-refractivity contribution in [3.8, 4) is 5.69 Å². The molecule has 0 bridgehead atoms. The average molecular weight is 373 g/mol. The minimum atomic E-state index is -0.0336. The maximum Gasteiger partial charge on any atom is 0.270 e. The van der Waals surface area contributed by atoms with E-state index in [9.17, 15) is 4.79 Å². The van der Waals surface area contributed by atoms with E-state index in [2.05, 4.69) is 22.1 Å². The van der Waals surface area contributed by atoms with Crippen LogP contribution in [0.25, 0.3) is 5.69 Å². The van der Waals surface area contributed by atoms with E-state index in [1.165, 1.54) is 19.4 Å². The number of nitrogens with one attached hydrogen (secondary N) is 1. The van der Waals surface area contributed by atoms with Crippen molar-refractivity contribution in [3.63, 3.8) is 0 Å². The molecule has 1 aromatic carbocycles. The van der Waals surface area contributed by atoms with Crippen LogP contribution in [0.15, 0.2) is 41.7 Å². The van der Waals surface area contributed by atoms with E-state index in [0.717, 1.165) is 36.8 Å². The third kappa shape index (κ3) is 4.48. The monoisotopic (exact) mass is 372 g/mol. The molecule has 0 atom stereocenters. The van der Waals surface area contributed by atoms with Crippen molar-refractivity contribution >= 4 is 17.7 Å². The van der Waals surface area contributed by atoms with Crippen LogP contribution in [-0.2, 0) is 0 Å². The lowest BCUT2D eigenvalue weighted by atomic mass is 10.0. The zero-order chi connectivity index (χ0) is 18.4. The number of hydrogen-bond acceptors (Lipinski definition) is 4. The van der Waals surface area contributed by atoms with Gasteiger partial charge in [0.2, 0.25) is 0 Å². The van der Waals surface area contributed by atoms with Gasteiger partial charge in [0, 0.05) is 24.8 Å². The standard InChI is InChI=1S/C20H28N4OS/c1-3-4-12-23-13-10-16(11-14-23)22-19(25)18-15-21-20(26-2)24(18)17-8-6-5-7-9-17/h5-9,15-16H,3-4,10-14H2,1-2H3,(H,22,25). The van der Waals surface area contributed by atoms with Gasteiger partial charge in [0.15, 0.2) is 5.16 Å². The summed E-state index contributed by atoms with van der Waals surface area (Å²) in [5.41, 5.74) is 1.57. The van der Waals surface area contributed by atoms with Gasteiger partial charge >= 0.3 is 0 Å². The van der Waals surface area contributed by atoms with Crippen LogP contribution in [0.3, 0.4) is 0 Å². The largest absolute Gasteiger partial charge is 0.348 e. The molecule has 1 N–H and O–H groups in total. The van der Waals surface area contributed by atoms with Gasteiger partial charge in [-0.25, -0.2) is 4.98 Å². The van der Waals surface area contributed by atoms with E-state index in [-0.39, 0.29) is 11.9 Å². The molecule has 1 aromatic heterocycles. The second kappa shape index (κ2) is 9.24. The van der Waals surface area contributed by atoms with Crippen LogP contribution in [0.4, 0.5) is 0 Å². The van der Waals surface area contributed by atoms with Crippen molar-refractivity contribution in [1.29, 1.82) is 0 Å². The lowest BCUT2D eigenvalue weighted by Gasteiger charge is -2.32. The fourth-order valence-corrected chi connectivity index (χ4v) is 3.95. The number of para-hydroxylation sites is 1. The highest BCUT2D eigenvalue weighted by molar-refractivity contribution is 7.98. The van der Waals surface area contributed by atoms with Crippen molar-refractivity contribution in [2.45, 2.75) is 43.8 Å². The summed E-state index contributed by atoms with van der Waals surface area (Å²) in [6, 6.07) is 10.2. The Labute approximate surface area is 160 Å². The summed E-state index contributed by atoms with van der Waals surface area (Å²) >= 11 is 1.55. The Hall–Kier alpha value is -1.79. The van der Waals surface area contributed by atoms with E-state index < -0.39 is 0 Å². The van der Waals surface area contributed by atoms with Gasteiger partial charge < -0.3 is 10.2 Å². The van der Waals surface area contributed by atoms with Gasteiger partial charge in [0.1, 0.15) is 5.69 Å². The SMILES string of the molecule is CCCCN1CCC(NC(=O)c2cnc(SC)n2-c2ccccc2)CC1. The van der Waals surface area contributed by atoms with Gasteiger partial charge in [-0.3, -0.25) is 9.36 Å². The number of imidazole rings is 1. The quantitative estimate of drug-likeness (QED) is 0.755. The van der Waals surface area contributed by atoms with E-state index in [1.54, 1.807) is 18.0 Å². The van der Waals surface area contributed by atoms with E-state index >= 15 is 0 Å². The highest BCUT2D eigenvalue weighted by atomic mass is 32.2. The molecule has 140 valence electrons. The first-order chi connectivity index (χ1) is 12.7. The predicted octanol–water partition coefficient (Wildman–Crippen LogP) is 3.59. The topological polar surface area (TPSA) is 50.2 Å². The van der Waals surface area contributed by atoms with Gasteiger partial charge in [-0.2, -0.15) is 0 Å². The Morgan fingerprint density at radius 2 is 2.00 bits per heavy atom. The smallest absolute Gasteiger partial charge is 0.270 e. The number of benzene rings is 1. The number of carbonyl (C=O) groups is 1. The lowest BCUT2D eigenvalue weighted by molar-refractivity contribution is 0.0903. The van der Waals surface area contributed by atoms with Crippen LogP contribution < -0.4 is 5.32 Å². The molecular formula is C20H28N4OS. The Bertz CT molecular complexity index is 708. The number of amides is 1. The maximum absolute atomic E-state index is 12.9. The first kappa shape index (κ1) is 19.0. The zero-order valence-electron chi connectivity index (χ0n) is 15.6. The second-order valence-corrected chi connectivity index (χ2v) is 7.52. The summed E-state index contributed by atoms with van der Waals surface area (Å²) in [4.78, 5) is 19.8. The highest BCUT2D eigenvalue weighted by Gasteiger charge is 2.23. The highest BCUT2D eigenvalue weighted by Crippen LogP contribution is 2.22. The first-order valence-electron chi connectivity index (χ1n) is 9.43. The third-order valence-corrected chi connectivity index (χ3v) is 5.56. The van der Waals surface area contributed by atoms with Crippen molar-refractivity contribution in [2.24, 2.45) is 0 Å². The molecule has 0 saturated carbocycles. The summed E-state index contributed by atoms with van der Waals surface area (Å²) in [7, 11) is 0. The lowest BCUT2D eigenvalue weighted by Crippen LogP contribution is -2.45. The van der Waals surface area contributed by atoms with Crippen molar-refractivity contribution in [2.75, 3.05) is 25.9 Å². The fraction of sp³-hybridized carbons (Fsp3) is 0.500. The number of nitrogens with zero attached hydrogens (tertiary/aromatic N) is 3. The molecule has 6 heteroatoms. The Balaban J connectivity index is 1.67. The molecule has 0 aliphatic carbocycles. The van der Waals surface area contributed by atoms with Crippen LogP contribution >= 0.6 is 11.8 Å². The van der Waals surface area contributed by atoms with Crippen molar-refractivity contribution in [1.82, 2.24) is 19.8 Å². The molecule has 26 heavy (non-hydrogen) atoms. The molecule has 0 unspecified atom stereocenters. The Kier molecular flexibility index (Phi) is 6.74. The molecule has 5 nitrogen and oxygen atoms in total. The van der Waals surface area contributed by atoms with Crippen molar-refractivity contribution < 1.29 is 4.79 Å². The van der Waals surface area contributed by atoms with Gasteiger partial charge in [-0.05, 0) is 44.2 Å². The van der Waals surface area contributed by atoms with Crippen LogP contribution in [0, 0.1) is 0 Å². The van der Waals surface area contributed by atoms with E-state index in [0.29, 0.717) is 5.69 Å². The summed E-state index contributed by atoms with van der Waals surface area (Å²) in [5, 5.41) is 4.05. The predicted molar refractivity (Wildman–Crippen MR) is 107 cm³/mol. The third-order valence-electron chi connectivity index (χ3n) is 4.91. The number of aromatic nitrogens is 2. The fourth-order valence-electron chi connectivity index (χ4n) is 3.41. The van der Waals surface area contributed by atoms with Gasteiger partial charge in [0.25, 0.3) is 5.91 Å². The number of rotatable bonds is 7. The molecular weight excluding hydrogens is 344 g/mol. The second-order valence-electron chi connectivity index (χ2n) is 6.74. The number of piperidine rings is 1. The molecule has 2 heterocycles. The van der Waals surface area contributed by atoms with Crippen LogP contribution in [-0.4, -0.2) is 52.3 Å². The minimum Gasteiger partial charge on any atom is -0.348 e. The number of thioether (sulfide) groups is 1. The van der Waals surface area contributed by atoms with E-state index in [4.69, 9.17) is 0 Å². The van der Waals surface area contributed by atoms with Crippen LogP contribution in [0.1, 0.15) is 43.1 Å². The molecule has 1 fully saturated rings. The van der Waals surface area contributed by atoms with Gasteiger partial charge in [-0.1, -0.05) is 43.3 Å². The summed E-state index contributed by atoms with van der Waals surface area (Å²) in [5.74, 6) is -0.0336. The summed E-state index contributed by atoms with van der Waals surface area (Å²) in [6.07, 6.45) is 8.19. The Morgan fingerprint density at radius 1 is 1.27 bits per heavy atom. The van der Waals surface area contributed by atoms with Crippen molar-refractivity contribution in [3.05, 3.63) is 42.2 Å². The minimum absolute atomic E-state index is 0.0336. The number of likely N-dealkylation sites (tertiary alicyclic amines) is 1. The molecule has 1 aliphatic rings. The number of hydrogen-bond donors (Lipinski definition) is 1. The molecule has 1 aliphatic heterocycles. The van der Waals surface area contributed by atoms with Crippen LogP contribution in [0.2, 0.25) is 0 Å². The van der Waals surface area contributed by atoms with Gasteiger partial charge in [0.05, 0.1) is 6.20 Å². The molecule has 0 radical (unpaired) electrons. The number of carbonyl (C=O) groups excluding carboxylic acids is 1. The molecule has 1 saturated heterocycles. The molecule has 2 aromatic rings. The average Bonchev–Trinajstić information content (AvgIpc) is 3.12. The summed E-state index contributed by atoms with van der Waals surface area (Å²) < 4.78 is 1.94. The summed E-state index contributed by atoms with van der Waals surface area (Å²) in [6.45, 7) is 5.54. The normalized spacial score (nSPS) is 15.9. The Morgan fingerprint density at radius 3 is 2.65 bits per heavy atom. The van der Waals surface area contributed by atoms with Crippen LogP contribution in [0.5, 0.6) is 0 Å². The molecule has 0 spiro atoms.